The molecule has 0 atom stereocenters. The number of carboxylic acids is 1. The summed E-state index contributed by atoms with van der Waals surface area (Å²) >= 11 is 0. The van der Waals surface area contributed by atoms with E-state index in [9.17, 15) is 9.59 Å². The fourth-order valence-corrected chi connectivity index (χ4v) is 1.13. The molecule has 1 N–H and O–H groups in total. The molecular weight excluding hydrogens is 184 g/mol. The van der Waals surface area contributed by atoms with E-state index in [4.69, 9.17) is 9.84 Å². The average molecular weight is 194 g/mol. The number of carbonyl (C=O) groups excluding carboxylic acids is 1. The van der Waals surface area contributed by atoms with Gasteiger partial charge in [0.05, 0.1) is 17.7 Å². The van der Waals surface area contributed by atoms with Crippen LogP contribution < -0.4 is 4.74 Å². The van der Waals surface area contributed by atoms with Gasteiger partial charge in [0.1, 0.15) is 5.75 Å². The zero-order valence-electron chi connectivity index (χ0n) is 7.69. The lowest BCUT2D eigenvalue weighted by Crippen LogP contribution is -2.04. The average Bonchev–Trinajstić information content (AvgIpc) is 2.18. The molecule has 0 fully saturated rings. The molecule has 0 unspecified atom stereocenters. The molecule has 0 radical (unpaired) electrons. The third-order valence-corrected chi connectivity index (χ3v) is 1.71. The fourth-order valence-electron chi connectivity index (χ4n) is 1.13. The second kappa shape index (κ2) is 4.41. The maximum Gasteiger partial charge on any atom is 0.336 e. The molecule has 0 spiro atoms. The van der Waals surface area contributed by atoms with E-state index >= 15 is 0 Å². The Morgan fingerprint density at radius 1 is 1.57 bits per heavy atom. The summed E-state index contributed by atoms with van der Waals surface area (Å²) in [6.07, 6.45) is 0.494. The molecule has 0 heterocycles. The van der Waals surface area contributed by atoms with Gasteiger partial charge >= 0.3 is 5.97 Å². The zero-order chi connectivity index (χ0) is 10.6. The van der Waals surface area contributed by atoms with E-state index in [-0.39, 0.29) is 11.1 Å². The Morgan fingerprint density at radius 2 is 2.29 bits per heavy atom. The van der Waals surface area contributed by atoms with E-state index in [1.165, 1.54) is 6.07 Å². The van der Waals surface area contributed by atoms with Crippen molar-refractivity contribution in [1.82, 2.24) is 0 Å². The predicted octanol–water partition coefficient (Wildman–Crippen LogP) is 1.60. The van der Waals surface area contributed by atoms with Crippen molar-refractivity contribution in [2.45, 2.75) is 6.92 Å². The summed E-state index contributed by atoms with van der Waals surface area (Å²) in [6.45, 7) is 2.16. The third kappa shape index (κ3) is 1.90. The van der Waals surface area contributed by atoms with Gasteiger partial charge in [0.25, 0.3) is 0 Å². The number of hydrogen-bond donors (Lipinski definition) is 1. The second-order valence-electron chi connectivity index (χ2n) is 2.57. The van der Waals surface area contributed by atoms with E-state index in [0.717, 1.165) is 0 Å². The largest absolute Gasteiger partial charge is 0.493 e. The van der Waals surface area contributed by atoms with E-state index < -0.39 is 5.97 Å². The van der Waals surface area contributed by atoms with Crippen molar-refractivity contribution >= 4 is 12.3 Å². The van der Waals surface area contributed by atoms with E-state index in [0.29, 0.717) is 18.6 Å². The number of ether oxygens (including phenoxy) is 1. The Labute approximate surface area is 81.1 Å². The lowest BCUT2D eigenvalue weighted by Gasteiger charge is -2.07. The molecule has 4 heteroatoms. The Morgan fingerprint density at radius 3 is 2.79 bits per heavy atom. The lowest BCUT2D eigenvalue weighted by atomic mass is 10.1. The smallest absolute Gasteiger partial charge is 0.336 e. The van der Waals surface area contributed by atoms with Gasteiger partial charge in [0, 0.05) is 0 Å². The van der Waals surface area contributed by atoms with Crippen molar-refractivity contribution in [2.75, 3.05) is 6.61 Å². The number of carboxylic acid groups (broad SMARTS) is 1. The molecule has 4 nitrogen and oxygen atoms in total. The first kappa shape index (κ1) is 10.2. The zero-order valence-corrected chi connectivity index (χ0v) is 7.69. The highest BCUT2D eigenvalue weighted by Crippen LogP contribution is 2.20. The van der Waals surface area contributed by atoms with Crippen molar-refractivity contribution in [3.8, 4) is 5.75 Å². The Bertz CT molecular complexity index is 357. The molecule has 0 saturated carbocycles. The van der Waals surface area contributed by atoms with Gasteiger partial charge in [-0.05, 0) is 19.1 Å². The second-order valence-corrected chi connectivity index (χ2v) is 2.57. The molecule has 1 aromatic rings. The van der Waals surface area contributed by atoms with Crippen molar-refractivity contribution in [3.05, 3.63) is 29.3 Å². The lowest BCUT2D eigenvalue weighted by molar-refractivity contribution is 0.0693. The summed E-state index contributed by atoms with van der Waals surface area (Å²) in [5, 5.41) is 8.77. The first-order valence-electron chi connectivity index (χ1n) is 4.15. The van der Waals surface area contributed by atoms with Gasteiger partial charge in [0.15, 0.2) is 6.29 Å². The van der Waals surface area contributed by atoms with Crippen LogP contribution >= 0.6 is 0 Å². The number of aldehydes is 1. The number of hydrogen-bond acceptors (Lipinski definition) is 3. The van der Waals surface area contributed by atoms with E-state index in [1.807, 2.05) is 0 Å². The Hall–Kier alpha value is -1.84. The molecule has 1 rings (SSSR count). The first-order chi connectivity index (χ1) is 6.70. The van der Waals surface area contributed by atoms with Crippen LogP contribution in [0.1, 0.15) is 27.6 Å². The number of rotatable bonds is 4. The van der Waals surface area contributed by atoms with Gasteiger partial charge in [0.2, 0.25) is 0 Å². The summed E-state index contributed by atoms with van der Waals surface area (Å²) in [6, 6.07) is 4.48. The van der Waals surface area contributed by atoms with Crippen LogP contribution in [0.3, 0.4) is 0 Å². The van der Waals surface area contributed by atoms with Crippen molar-refractivity contribution in [3.63, 3.8) is 0 Å². The third-order valence-electron chi connectivity index (χ3n) is 1.71. The SMILES string of the molecule is CCOc1cccc(C(=O)O)c1C=O. The maximum absolute atomic E-state index is 10.7. The van der Waals surface area contributed by atoms with Gasteiger partial charge in [-0.2, -0.15) is 0 Å². The molecule has 0 aliphatic carbocycles. The molecule has 0 saturated heterocycles. The van der Waals surface area contributed by atoms with Crippen molar-refractivity contribution in [1.29, 1.82) is 0 Å². The number of benzene rings is 1. The summed E-state index contributed by atoms with van der Waals surface area (Å²) in [5.41, 5.74) is 0.0489. The number of carbonyl (C=O) groups is 2. The van der Waals surface area contributed by atoms with Gasteiger partial charge in [-0.25, -0.2) is 4.79 Å². The minimum absolute atomic E-state index is 0.0362. The Kier molecular flexibility index (Phi) is 3.23. The first-order valence-corrected chi connectivity index (χ1v) is 4.15. The van der Waals surface area contributed by atoms with Gasteiger partial charge < -0.3 is 9.84 Å². The van der Waals surface area contributed by atoms with Crippen molar-refractivity contribution < 1.29 is 19.4 Å². The Balaban J connectivity index is 3.24. The highest BCUT2D eigenvalue weighted by molar-refractivity contribution is 5.98. The molecule has 14 heavy (non-hydrogen) atoms. The summed E-state index contributed by atoms with van der Waals surface area (Å²) < 4.78 is 5.12. The minimum Gasteiger partial charge on any atom is -0.493 e. The van der Waals surface area contributed by atoms with E-state index in [1.54, 1.807) is 19.1 Å². The van der Waals surface area contributed by atoms with Crippen LogP contribution in [0.25, 0.3) is 0 Å². The topological polar surface area (TPSA) is 63.6 Å². The molecule has 0 amide bonds. The maximum atomic E-state index is 10.7. The van der Waals surface area contributed by atoms with Crippen LogP contribution in [-0.4, -0.2) is 24.0 Å². The van der Waals surface area contributed by atoms with Crippen LogP contribution in [0.4, 0.5) is 0 Å². The standard InChI is InChI=1S/C10H10O4/c1-2-14-9-5-3-4-7(10(12)13)8(9)6-11/h3-6H,2H2,1H3,(H,12,13). The summed E-state index contributed by atoms with van der Waals surface area (Å²) in [4.78, 5) is 21.4. The van der Waals surface area contributed by atoms with E-state index in [2.05, 4.69) is 0 Å². The molecule has 0 bridgehead atoms. The molecule has 74 valence electrons. The molecular formula is C10H10O4. The van der Waals surface area contributed by atoms with Crippen LogP contribution in [0.2, 0.25) is 0 Å². The van der Waals surface area contributed by atoms with Crippen LogP contribution in [0.15, 0.2) is 18.2 Å². The van der Waals surface area contributed by atoms with Crippen molar-refractivity contribution in [2.24, 2.45) is 0 Å². The van der Waals surface area contributed by atoms with Crippen LogP contribution in [-0.2, 0) is 0 Å². The van der Waals surface area contributed by atoms with Crippen LogP contribution in [0, 0.1) is 0 Å². The van der Waals surface area contributed by atoms with Crippen LogP contribution in [0.5, 0.6) is 5.75 Å². The fraction of sp³-hybridized carbons (Fsp3) is 0.200. The summed E-state index contributed by atoms with van der Waals surface area (Å²) in [5.74, 6) is -0.823. The predicted molar refractivity (Wildman–Crippen MR) is 50.0 cm³/mol. The highest BCUT2D eigenvalue weighted by atomic mass is 16.5. The normalized spacial score (nSPS) is 9.50. The number of aromatic carboxylic acids is 1. The highest BCUT2D eigenvalue weighted by Gasteiger charge is 2.13. The molecule has 0 aromatic heterocycles. The molecule has 0 aliphatic rings. The van der Waals surface area contributed by atoms with Gasteiger partial charge in [-0.15, -0.1) is 0 Å². The molecule has 1 aromatic carbocycles. The monoisotopic (exact) mass is 194 g/mol. The minimum atomic E-state index is -1.13. The summed E-state index contributed by atoms with van der Waals surface area (Å²) in [7, 11) is 0. The quantitative estimate of drug-likeness (QED) is 0.739. The van der Waals surface area contributed by atoms with Gasteiger partial charge in [-0.3, -0.25) is 4.79 Å². The van der Waals surface area contributed by atoms with Gasteiger partial charge in [-0.1, -0.05) is 6.07 Å². The molecule has 0 aliphatic heterocycles.